The Morgan fingerprint density at radius 3 is 2.89 bits per heavy atom. The molecule has 0 aliphatic carbocycles. The van der Waals surface area contributed by atoms with Gasteiger partial charge >= 0.3 is 0 Å². The minimum Gasteiger partial charge on any atom is -0.357 e. The predicted molar refractivity (Wildman–Crippen MR) is 35.9 cm³/mol. The largest absolute Gasteiger partial charge is 0.357 e. The Bertz CT molecular complexity index is 212. The van der Waals surface area contributed by atoms with Gasteiger partial charge in [-0.3, -0.25) is 0 Å². The highest BCUT2D eigenvalue weighted by atomic mass is 16.5. The van der Waals surface area contributed by atoms with E-state index in [1.54, 1.807) is 0 Å². The van der Waals surface area contributed by atoms with Crippen LogP contribution in [0.2, 0.25) is 0 Å². The molecule has 0 amide bonds. The topological polar surface area (TPSA) is 26.0 Å². The van der Waals surface area contributed by atoms with Crippen LogP contribution in [-0.4, -0.2) is 5.16 Å². The van der Waals surface area contributed by atoms with Gasteiger partial charge in [0.1, 0.15) is 0 Å². The molecule has 0 unspecified atom stereocenters. The van der Waals surface area contributed by atoms with Crippen LogP contribution < -0.4 is 0 Å². The van der Waals surface area contributed by atoms with Crippen LogP contribution in [0.25, 0.3) is 6.08 Å². The van der Waals surface area contributed by atoms with Gasteiger partial charge in [-0.2, -0.15) is 0 Å². The van der Waals surface area contributed by atoms with E-state index in [1.165, 1.54) is 0 Å². The van der Waals surface area contributed by atoms with Crippen LogP contribution in [0.1, 0.15) is 18.4 Å². The Kier molecular flexibility index (Phi) is 1.68. The van der Waals surface area contributed by atoms with Gasteiger partial charge in [0, 0.05) is 6.07 Å². The van der Waals surface area contributed by atoms with Gasteiger partial charge in [0.15, 0.2) is 5.76 Å². The number of allylic oxidation sites excluding steroid dienone is 1. The zero-order chi connectivity index (χ0) is 6.69. The second kappa shape index (κ2) is 2.49. The van der Waals surface area contributed by atoms with Crippen molar-refractivity contribution in [3.05, 3.63) is 23.6 Å². The van der Waals surface area contributed by atoms with Crippen molar-refractivity contribution < 1.29 is 4.52 Å². The molecule has 48 valence electrons. The van der Waals surface area contributed by atoms with Crippen LogP contribution in [0.5, 0.6) is 0 Å². The Morgan fingerprint density at radius 2 is 2.44 bits per heavy atom. The maximum Gasteiger partial charge on any atom is 0.159 e. The van der Waals surface area contributed by atoms with Crippen molar-refractivity contribution >= 4 is 6.08 Å². The summed E-state index contributed by atoms with van der Waals surface area (Å²) >= 11 is 0. The number of hydrogen-bond acceptors (Lipinski definition) is 2. The smallest absolute Gasteiger partial charge is 0.159 e. The van der Waals surface area contributed by atoms with E-state index in [9.17, 15) is 0 Å². The lowest BCUT2D eigenvalue weighted by Gasteiger charge is -1.73. The van der Waals surface area contributed by atoms with Crippen LogP contribution >= 0.6 is 0 Å². The first-order chi connectivity index (χ1) is 4.33. The van der Waals surface area contributed by atoms with Crippen molar-refractivity contribution in [3.8, 4) is 0 Å². The lowest BCUT2D eigenvalue weighted by atomic mass is 10.4. The van der Waals surface area contributed by atoms with E-state index < -0.39 is 0 Å². The van der Waals surface area contributed by atoms with Crippen molar-refractivity contribution in [2.24, 2.45) is 0 Å². The molecule has 0 saturated carbocycles. The fourth-order valence-electron chi connectivity index (χ4n) is 0.626. The first-order valence-electron chi connectivity index (χ1n) is 2.89. The van der Waals surface area contributed by atoms with Crippen molar-refractivity contribution in [2.45, 2.75) is 13.8 Å². The van der Waals surface area contributed by atoms with Gasteiger partial charge in [-0.05, 0) is 19.9 Å². The molecule has 1 aromatic rings. The molecular formula is C7H9NO. The van der Waals surface area contributed by atoms with Crippen LogP contribution in [0.15, 0.2) is 16.7 Å². The first kappa shape index (κ1) is 6.08. The lowest BCUT2D eigenvalue weighted by Crippen LogP contribution is -1.59. The Hall–Kier alpha value is -1.05. The molecule has 0 aromatic carbocycles. The number of aryl methyl sites for hydroxylation is 1. The summed E-state index contributed by atoms with van der Waals surface area (Å²) in [5.41, 5.74) is 0.920. The minimum absolute atomic E-state index is 0.815. The summed E-state index contributed by atoms with van der Waals surface area (Å²) in [4.78, 5) is 0. The summed E-state index contributed by atoms with van der Waals surface area (Å²) < 4.78 is 4.87. The average Bonchev–Trinajstić information content (AvgIpc) is 2.17. The second-order valence-corrected chi connectivity index (χ2v) is 1.87. The minimum atomic E-state index is 0.815. The number of hydrogen-bond donors (Lipinski definition) is 0. The van der Waals surface area contributed by atoms with Crippen molar-refractivity contribution in [2.75, 3.05) is 0 Å². The summed E-state index contributed by atoms with van der Waals surface area (Å²) in [6, 6.07) is 1.89. The second-order valence-electron chi connectivity index (χ2n) is 1.87. The van der Waals surface area contributed by atoms with Gasteiger partial charge in [-0.1, -0.05) is 11.2 Å². The van der Waals surface area contributed by atoms with Crippen molar-refractivity contribution in [1.82, 2.24) is 5.16 Å². The highest BCUT2D eigenvalue weighted by molar-refractivity contribution is 5.41. The average molecular weight is 123 g/mol. The van der Waals surface area contributed by atoms with Gasteiger partial charge in [0.05, 0.1) is 5.69 Å². The molecule has 0 N–H and O–H groups in total. The van der Waals surface area contributed by atoms with Gasteiger partial charge in [-0.15, -0.1) is 0 Å². The van der Waals surface area contributed by atoms with Crippen LogP contribution in [0.3, 0.4) is 0 Å². The predicted octanol–water partition coefficient (Wildman–Crippen LogP) is 2.02. The number of nitrogens with zero attached hydrogens (tertiary/aromatic N) is 1. The SMILES string of the molecule is C/C=C\c1cc(C)no1. The van der Waals surface area contributed by atoms with E-state index in [0.717, 1.165) is 11.5 Å². The summed E-state index contributed by atoms with van der Waals surface area (Å²) in [7, 11) is 0. The highest BCUT2D eigenvalue weighted by Gasteiger charge is 1.91. The van der Waals surface area contributed by atoms with Gasteiger partial charge in [0.25, 0.3) is 0 Å². The highest BCUT2D eigenvalue weighted by Crippen LogP contribution is 2.02. The Morgan fingerprint density at radius 1 is 1.67 bits per heavy atom. The summed E-state index contributed by atoms with van der Waals surface area (Å²) in [6.07, 6.45) is 3.79. The van der Waals surface area contributed by atoms with E-state index in [-0.39, 0.29) is 0 Å². The molecule has 0 spiro atoms. The third kappa shape index (κ3) is 1.42. The molecule has 0 aliphatic heterocycles. The Labute approximate surface area is 54.2 Å². The molecule has 0 saturated heterocycles. The van der Waals surface area contributed by atoms with Gasteiger partial charge in [-0.25, -0.2) is 0 Å². The zero-order valence-electron chi connectivity index (χ0n) is 5.59. The van der Waals surface area contributed by atoms with Crippen molar-refractivity contribution in [1.29, 1.82) is 0 Å². The summed E-state index contributed by atoms with van der Waals surface area (Å²) in [5.74, 6) is 0.815. The van der Waals surface area contributed by atoms with Crippen molar-refractivity contribution in [3.63, 3.8) is 0 Å². The lowest BCUT2D eigenvalue weighted by molar-refractivity contribution is 0.408. The molecule has 2 nitrogen and oxygen atoms in total. The maximum absolute atomic E-state index is 4.87. The molecular weight excluding hydrogens is 114 g/mol. The quantitative estimate of drug-likeness (QED) is 0.571. The molecule has 2 heteroatoms. The molecule has 1 aromatic heterocycles. The summed E-state index contributed by atoms with van der Waals surface area (Å²) in [5, 5.41) is 3.71. The first-order valence-corrected chi connectivity index (χ1v) is 2.89. The van der Waals surface area contributed by atoms with E-state index in [1.807, 2.05) is 32.1 Å². The van der Waals surface area contributed by atoms with Crippen LogP contribution in [0.4, 0.5) is 0 Å². The monoisotopic (exact) mass is 123 g/mol. The summed E-state index contributed by atoms with van der Waals surface area (Å²) in [6.45, 7) is 3.84. The van der Waals surface area contributed by atoms with E-state index in [2.05, 4.69) is 5.16 Å². The number of aromatic nitrogens is 1. The molecule has 0 aliphatic rings. The van der Waals surface area contributed by atoms with Gasteiger partial charge in [0.2, 0.25) is 0 Å². The molecule has 1 rings (SSSR count). The zero-order valence-corrected chi connectivity index (χ0v) is 5.59. The molecule has 0 atom stereocenters. The van der Waals surface area contributed by atoms with E-state index >= 15 is 0 Å². The third-order valence-electron chi connectivity index (χ3n) is 0.977. The van der Waals surface area contributed by atoms with Crippen LogP contribution in [0, 0.1) is 6.92 Å². The number of rotatable bonds is 1. The molecule has 0 fully saturated rings. The van der Waals surface area contributed by atoms with Gasteiger partial charge < -0.3 is 4.52 Å². The standard InChI is InChI=1S/C7H9NO/c1-3-4-7-5-6(2)8-9-7/h3-5H,1-2H3/b4-3-. The molecule has 1 heterocycles. The fourth-order valence-corrected chi connectivity index (χ4v) is 0.626. The normalized spacial score (nSPS) is 10.9. The van der Waals surface area contributed by atoms with E-state index in [4.69, 9.17) is 4.52 Å². The Balaban J connectivity index is 2.85. The molecule has 0 radical (unpaired) electrons. The maximum atomic E-state index is 4.87. The van der Waals surface area contributed by atoms with Crippen LogP contribution in [-0.2, 0) is 0 Å². The van der Waals surface area contributed by atoms with E-state index in [0.29, 0.717) is 0 Å². The molecule has 0 bridgehead atoms. The third-order valence-corrected chi connectivity index (χ3v) is 0.977. The fraction of sp³-hybridized carbons (Fsp3) is 0.286. The molecule has 9 heavy (non-hydrogen) atoms.